The van der Waals surface area contributed by atoms with E-state index in [1.165, 1.54) is 43.4 Å². The van der Waals surface area contributed by atoms with E-state index in [1.807, 2.05) is 36.4 Å². The third-order valence-electron chi connectivity index (χ3n) is 10.8. The van der Waals surface area contributed by atoms with Crippen LogP contribution in [0, 0.1) is 0 Å². The lowest BCUT2D eigenvalue weighted by molar-refractivity contribution is 1.08. The first kappa shape index (κ1) is 31.1. The Morgan fingerprint density at radius 1 is 0.327 bits per heavy atom. The second kappa shape index (κ2) is 12.6. The first-order valence-electron chi connectivity index (χ1n) is 18.6. The van der Waals surface area contributed by atoms with Crippen molar-refractivity contribution in [3.63, 3.8) is 0 Å². The molecule has 0 fully saturated rings. The minimum Gasteiger partial charge on any atom is -0.308 e. The standard InChI is InChI=1S/C51H32N4/c1-4-16-33(17-5-1)43-32-46(55-45-31-38-24-11-10-23-37(38)30-44(45)42-29-28-34-18-12-13-25-39(34)48(42)55)40-26-14-15-27-41(40)47(43)51-53-49(35-19-6-2-7-20-35)52-50(54-51)36-21-8-3-9-22-36/h1-32H. The third kappa shape index (κ3) is 5.11. The second-order valence-corrected chi connectivity index (χ2v) is 14.0. The average molecular weight is 701 g/mol. The molecule has 0 aliphatic rings. The van der Waals surface area contributed by atoms with Crippen molar-refractivity contribution >= 4 is 54.1 Å². The Balaban J connectivity index is 1.30. The van der Waals surface area contributed by atoms with Gasteiger partial charge in [0.15, 0.2) is 17.5 Å². The van der Waals surface area contributed by atoms with E-state index in [0.29, 0.717) is 17.5 Å². The molecule has 0 aliphatic carbocycles. The summed E-state index contributed by atoms with van der Waals surface area (Å²) in [7, 11) is 0. The highest BCUT2D eigenvalue weighted by Crippen LogP contribution is 2.45. The minimum absolute atomic E-state index is 0.632. The van der Waals surface area contributed by atoms with Gasteiger partial charge in [-0.2, -0.15) is 0 Å². The van der Waals surface area contributed by atoms with Crippen LogP contribution in [0.5, 0.6) is 0 Å². The molecule has 55 heavy (non-hydrogen) atoms. The molecular formula is C51H32N4. The molecule has 4 heteroatoms. The van der Waals surface area contributed by atoms with Crippen molar-refractivity contribution in [1.29, 1.82) is 0 Å². The molecule has 4 nitrogen and oxygen atoms in total. The van der Waals surface area contributed by atoms with E-state index in [4.69, 9.17) is 15.0 Å². The Labute approximate surface area is 317 Å². The first-order valence-corrected chi connectivity index (χ1v) is 18.6. The lowest BCUT2D eigenvalue weighted by atomic mass is 9.92. The van der Waals surface area contributed by atoms with Crippen molar-refractivity contribution in [3.05, 3.63) is 194 Å². The number of fused-ring (bicyclic) bond motifs is 7. The third-order valence-corrected chi connectivity index (χ3v) is 10.8. The molecule has 0 saturated heterocycles. The van der Waals surface area contributed by atoms with Gasteiger partial charge in [-0.1, -0.05) is 176 Å². The van der Waals surface area contributed by atoms with Crippen molar-refractivity contribution in [2.45, 2.75) is 0 Å². The molecule has 0 spiro atoms. The number of aromatic nitrogens is 4. The summed E-state index contributed by atoms with van der Waals surface area (Å²) in [6.07, 6.45) is 0. The van der Waals surface area contributed by atoms with Gasteiger partial charge in [0.2, 0.25) is 0 Å². The first-order chi connectivity index (χ1) is 27.3. The van der Waals surface area contributed by atoms with Crippen molar-refractivity contribution in [2.75, 3.05) is 0 Å². The van der Waals surface area contributed by atoms with Gasteiger partial charge in [0, 0.05) is 38.2 Å². The molecule has 0 N–H and O–H groups in total. The van der Waals surface area contributed by atoms with E-state index in [2.05, 4.69) is 162 Å². The van der Waals surface area contributed by atoms with Crippen LogP contribution in [0.4, 0.5) is 0 Å². The van der Waals surface area contributed by atoms with Gasteiger partial charge < -0.3 is 4.57 Å². The second-order valence-electron chi connectivity index (χ2n) is 14.0. The normalized spacial score (nSPS) is 11.6. The molecule has 0 bridgehead atoms. The fourth-order valence-corrected chi connectivity index (χ4v) is 8.26. The average Bonchev–Trinajstić information content (AvgIpc) is 3.59. The highest BCUT2D eigenvalue weighted by atomic mass is 15.0. The van der Waals surface area contributed by atoms with Crippen LogP contribution < -0.4 is 0 Å². The minimum atomic E-state index is 0.632. The van der Waals surface area contributed by atoms with E-state index in [1.54, 1.807) is 0 Å². The molecule has 2 heterocycles. The van der Waals surface area contributed by atoms with Gasteiger partial charge in [-0.25, -0.2) is 15.0 Å². The molecule has 11 rings (SSSR count). The van der Waals surface area contributed by atoms with E-state index in [-0.39, 0.29) is 0 Å². The zero-order valence-corrected chi connectivity index (χ0v) is 29.8. The molecule has 0 amide bonds. The van der Waals surface area contributed by atoms with Crippen LogP contribution in [-0.4, -0.2) is 19.5 Å². The highest BCUT2D eigenvalue weighted by molar-refractivity contribution is 6.22. The maximum absolute atomic E-state index is 5.27. The van der Waals surface area contributed by atoms with Gasteiger partial charge in [0.25, 0.3) is 0 Å². The van der Waals surface area contributed by atoms with E-state index < -0.39 is 0 Å². The van der Waals surface area contributed by atoms with Crippen molar-refractivity contribution in [2.24, 2.45) is 0 Å². The van der Waals surface area contributed by atoms with Gasteiger partial charge in [-0.05, 0) is 50.9 Å². The molecule has 0 atom stereocenters. The maximum Gasteiger partial charge on any atom is 0.165 e. The molecule has 9 aromatic carbocycles. The summed E-state index contributed by atoms with van der Waals surface area (Å²) in [5.41, 5.74) is 8.45. The fourth-order valence-electron chi connectivity index (χ4n) is 8.26. The Morgan fingerprint density at radius 2 is 0.836 bits per heavy atom. The van der Waals surface area contributed by atoms with Gasteiger partial charge in [-0.3, -0.25) is 0 Å². The van der Waals surface area contributed by atoms with Crippen LogP contribution in [0.15, 0.2) is 194 Å². The highest BCUT2D eigenvalue weighted by Gasteiger charge is 2.23. The van der Waals surface area contributed by atoms with Crippen LogP contribution in [0.25, 0.3) is 105 Å². The van der Waals surface area contributed by atoms with Crippen molar-refractivity contribution < 1.29 is 0 Å². The Bertz CT molecular complexity index is 3180. The molecule has 11 aromatic rings. The summed E-state index contributed by atoms with van der Waals surface area (Å²) in [4.78, 5) is 15.6. The zero-order valence-electron chi connectivity index (χ0n) is 29.8. The number of rotatable bonds is 5. The predicted molar refractivity (Wildman–Crippen MR) is 228 cm³/mol. The number of benzene rings is 9. The van der Waals surface area contributed by atoms with E-state index in [9.17, 15) is 0 Å². The summed E-state index contributed by atoms with van der Waals surface area (Å²) in [5.74, 6) is 1.91. The van der Waals surface area contributed by atoms with Crippen LogP contribution in [0.1, 0.15) is 0 Å². The lowest BCUT2D eigenvalue weighted by Crippen LogP contribution is -2.03. The van der Waals surface area contributed by atoms with Crippen LogP contribution in [0.3, 0.4) is 0 Å². The molecule has 0 saturated carbocycles. The van der Waals surface area contributed by atoms with E-state index >= 15 is 0 Å². The van der Waals surface area contributed by atoms with Gasteiger partial charge in [-0.15, -0.1) is 0 Å². The molecule has 0 unspecified atom stereocenters. The number of hydrogen-bond acceptors (Lipinski definition) is 3. The van der Waals surface area contributed by atoms with Crippen LogP contribution in [-0.2, 0) is 0 Å². The summed E-state index contributed by atoms with van der Waals surface area (Å²) in [6.45, 7) is 0. The quantitative estimate of drug-likeness (QED) is 0.179. The SMILES string of the molecule is c1ccc(-c2nc(-c3ccccc3)nc(-c3c(-c4ccccc4)cc(-n4c5cc6ccccc6cc5c5ccc6ccccc6c54)c4ccccc34)n2)cc1. The monoisotopic (exact) mass is 700 g/mol. The van der Waals surface area contributed by atoms with Gasteiger partial charge >= 0.3 is 0 Å². The smallest absolute Gasteiger partial charge is 0.165 e. The molecule has 2 aromatic heterocycles. The summed E-state index contributed by atoms with van der Waals surface area (Å²) in [6, 6.07) is 68.7. The molecule has 0 aliphatic heterocycles. The Morgan fingerprint density at radius 3 is 1.49 bits per heavy atom. The van der Waals surface area contributed by atoms with Crippen molar-refractivity contribution in [3.8, 4) is 51.0 Å². The van der Waals surface area contributed by atoms with Gasteiger partial charge in [0.05, 0.1) is 16.7 Å². The Hall–Kier alpha value is -7.43. The van der Waals surface area contributed by atoms with Crippen LogP contribution >= 0.6 is 0 Å². The Kier molecular flexibility index (Phi) is 7.14. The fraction of sp³-hybridized carbons (Fsp3) is 0. The predicted octanol–water partition coefficient (Wildman–Crippen LogP) is 13.1. The van der Waals surface area contributed by atoms with Crippen molar-refractivity contribution in [1.82, 2.24) is 19.5 Å². The topological polar surface area (TPSA) is 43.6 Å². The molecule has 0 radical (unpaired) electrons. The zero-order chi connectivity index (χ0) is 36.3. The van der Waals surface area contributed by atoms with E-state index in [0.717, 1.165) is 44.3 Å². The number of nitrogens with zero attached hydrogens (tertiary/aromatic N) is 4. The lowest BCUT2D eigenvalue weighted by Gasteiger charge is -2.20. The summed E-state index contributed by atoms with van der Waals surface area (Å²) in [5, 5.41) is 9.49. The molecular weight excluding hydrogens is 669 g/mol. The summed E-state index contributed by atoms with van der Waals surface area (Å²) < 4.78 is 2.50. The summed E-state index contributed by atoms with van der Waals surface area (Å²) >= 11 is 0. The van der Waals surface area contributed by atoms with Crippen LogP contribution in [0.2, 0.25) is 0 Å². The largest absolute Gasteiger partial charge is 0.308 e. The number of hydrogen-bond donors (Lipinski definition) is 0. The molecule has 256 valence electrons. The maximum atomic E-state index is 5.27. The van der Waals surface area contributed by atoms with Gasteiger partial charge in [0.1, 0.15) is 0 Å².